The van der Waals surface area contributed by atoms with Gasteiger partial charge in [-0.25, -0.2) is 4.79 Å². The maximum absolute atomic E-state index is 12.2. The van der Waals surface area contributed by atoms with Crippen LogP contribution < -0.4 is 5.32 Å². The lowest BCUT2D eigenvalue weighted by Crippen LogP contribution is -2.17. The van der Waals surface area contributed by atoms with E-state index in [2.05, 4.69) is 10.4 Å². The number of aromatic carboxylic acids is 1. The number of amides is 1. The van der Waals surface area contributed by atoms with Gasteiger partial charge in [-0.15, -0.1) is 11.3 Å². The highest BCUT2D eigenvalue weighted by atomic mass is 32.1. The van der Waals surface area contributed by atoms with Crippen molar-refractivity contribution in [3.05, 3.63) is 33.3 Å². The Labute approximate surface area is 120 Å². The van der Waals surface area contributed by atoms with Crippen molar-refractivity contribution in [2.45, 2.75) is 20.3 Å². The Balaban J connectivity index is 2.30. The fourth-order valence-corrected chi connectivity index (χ4v) is 2.69. The molecule has 7 heteroatoms. The van der Waals surface area contributed by atoms with Crippen LogP contribution in [0.4, 0.5) is 5.69 Å². The van der Waals surface area contributed by atoms with E-state index < -0.39 is 5.97 Å². The van der Waals surface area contributed by atoms with Gasteiger partial charge in [0, 0.05) is 7.05 Å². The molecule has 0 atom stereocenters. The minimum absolute atomic E-state index is 0.133. The fourth-order valence-electron chi connectivity index (χ4n) is 1.85. The number of nitrogens with zero attached hydrogens (tertiary/aromatic N) is 2. The zero-order chi connectivity index (χ0) is 14.9. The lowest BCUT2D eigenvalue weighted by Gasteiger charge is -2.06. The average Bonchev–Trinajstić information content (AvgIpc) is 2.94. The highest BCUT2D eigenvalue weighted by molar-refractivity contribution is 7.12. The topological polar surface area (TPSA) is 84.2 Å². The molecule has 0 radical (unpaired) electrons. The van der Waals surface area contributed by atoms with E-state index in [9.17, 15) is 9.59 Å². The molecule has 0 aromatic carbocycles. The van der Waals surface area contributed by atoms with Gasteiger partial charge in [0.15, 0.2) is 0 Å². The number of aryl methyl sites for hydroxylation is 3. The van der Waals surface area contributed by atoms with Gasteiger partial charge >= 0.3 is 5.97 Å². The monoisotopic (exact) mass is 293 g/mol. The lowest BCUT2D eigenvalue weighted by atomic mass is 10.2. The number of anilines is 1. The van der Waals surface area contributed by atoms with E-state index in [1.165, 1.54) is 4.68 Å². The van der Waals surface area contributed by atoms with Crippen LogP contribution in [0.15, 0.2) is 11.4 Å². The second-order valence-electron chi connectivity index (χ2n) is 4.38. The van der Waals surface area contributed by atoms with Crippen molar-refractivity contribution in [2.24, 2.45) is 7.05 Å². The molecule has 2 aromatic rings. The van der Waals surface area contributed by atoms with Gasteiger partial charge in [0.1, 0.15) is 10.6 Å². The minimum atomic E-state index is -1.04. The third-order valence-electron chi connectivity index (χ3n) is 2.93. The van der Waals surface area contributed by atoms with Crippen LogP contribution in [0.2, 0.25) is 0 Å². The quantitative estimate of drug-likeness (QED) is 0.906. The van der Waals surface area contributed by atoms with Gasteiger partial charge in [-0.3, -0.25) is 9.48 Å². The molecule has 2 aromatic heterocycles. The normalized spacial score (nSPS) is 10.6. The molecule has 0 aliphatic carbocycles. The summed E-state index contributed by atoms with van der Waals surface area (Å²) in [6.07, 6.45) is 0.735. The lowest BCUT2D eigenvalue weighted by molar-refractivity contribution is 0.0703. The van der Waals surface area contributed by atoms with Crippen LogP contribution in [0.25, 0.3) is 0 Å². The molecular weight excluding hydrogens is 278 g/mol. The number of hydrogen-bond acceptors (Lipinski definition) is 4. The minimum Gasteiger partial charge on any atom is -0.477 e. The standard InChI is InChI=1S/C13H15N3O3S/c1-4-8-5-9(16(3)15-8)12(17)14-10-7(2)6-20-11(10)13(18)19/h5-6H,4H2,1-3H3,(H,14,17)(H,18,19). The Kier molecular flexibility index (Phi) is 3.89. The molecule has 106 valence electrons. The van der Waals surface area contributed by atoms with E-state index in [0.29, 0.717) is 11.4 Å². The van der Waals surface area contributed by atoms with Crippen molar-refractivity contribution >= 4 is 28.9 Å². The SMILES string of the molecule is CCc1cc(C(=O)Nc2c(C)csc2C(=O)O)n(C)n1. The molecule has 0 fully saturated rings. The zero-order valence-corrected chi connectivity index (χ0v) is 12.2. The third-order valence-corrected chi connectivity index (χ3v) is 4.02. The summed E-state index contributed by atoms with van der Waals surface area (Å²) in [5.74, 6) is -1.40. The van der Waals surface area contributed by atoms with Crippen LogP contribution >= 0.6 is 11.3 Å². The Bertz CT molecular complexity index is 672. The number of carbonyl (C=O) groups excluding carboxylic acids is 1. The van der Waals surface area contributed by atoms with E-state index in [1.807, 2.05) is 6.92 Å². The number of carboxylic acid groups (broad SMARTS) is 1. The van der Waals surface area contributed by atoms with Crippen molar-refractivity contribution in [1.82, 2.24) is 9.78 Å². The summed E-state index contributed by atoms with van der Waals surface area (Å²) in [6, 6.07) is 1.71. The van der Waals surface area contributed by atoms with Gasteiger partial charge in [-0.1, -0.05) is 6.92 Å². The van der Waals surface area contributed by atoms with Crippen LogP contribution in [-0.4, -0.2) is 26.8 Å². The van der Waals surface area contributed by atoms with E-state index in [0.717, 1.165) is 29.0 Å². The Hall–Kier alpha value is -2.15. The first kappa shape index (κ1) is 14.3. The molecule has 0 saturated heterocycles. The Morgan fingerprint density at radius 2 is 2.20 bits per heavy atom. The van der Waals surface area contributed by atoms with Gasteiger partial charge in [-0.05, 0) is 30.4 Å². The number of hydrogen-bond donors (Lipinski definition) is 2. The van der Waals surface area contributed by atoms with Crippen LogP contribution in [0.1, 0.15) is 38.3 Å². The number of nitrogens with one attached hydrogen (secondary N) is 1. The van der Waals surface area contributed by atoms with Crippen LogP contribution in [0, 0.1) is 6.92 Å². The van der Waals surface area contributed by atoms with Gasteiger partial charge in [0.05, 0.1) is 11.4 Å². The molecule has 0 saturated carbocycles. The number of aromatic nitrogens is 2. The van der Waals surface area contributed by atoms with E-state index in [4.69, 9.17) is 5.11 Å². The average molecular weight is 293 g/mol. The molecule has 2 heterocycles. The molecule has 2 N–H and O–H groups in total. The van der Waals surface area contributed by atoms with Gasteiger partial charge < -0.3 is 10.4 Å². The molecule has 0 spiro atoms. The first-order chi connectivity index (χ1) is 9.43. The molecule has 0 aliphatic heterocycles. The summed E-state index contributed by atoms with van der Waals surface area (Å²) in [5.41, 5.74) is 2.31. The van der Waals surface area contributed by atoms with Crippen LogP contribution in [0.3, 0.4) is 0 Å². The zero-order valence-electron chi connectivity index (χ0n) is 11.4. The smallest absolute Gasteiger partial charge is 0.348 e. The van der Waals surface area contributed by atoms with Crippen molar-refractivity contribution in [2.75, 3.05) is 5.32 Å². The number of thiophene rings is 1. The molecule has 0 bridgehead atoms. The summed E-state index contributed by atoms with van der Waals surface area (Å²) < 4.78 is 1.50. The molecule has 0 unspecified atom stereocenters. The van der Waals surface area contributed by atoms with Crippen molar-refractivity contribution in [3.63, 3.8) is 0 Å². The van der Waals surface area contributed by atoms with E-state index in [-0.39, 0.29) is 10.8 Å². The largest absolute Gasteiger partial charge is 0.477 e. The molecule has 6 nitrogen and oxygen atoms in total. The highest BCUT2D eigenvalue weighted by Crippen LogP contribution is 2.28. The summed E-state index contributed by atoms with van der Waals surface area (Å²) in [6.45, 7) is 3.72. The first-order valence-electron chi connectivity index (χ1n) is 6.09. The van der Waals surface area contributed by atoms with Crippen molar-refractivity contribution < 1.29 is 14.7 Å². The summed E-state index contributed by atoms with van der Waals surface area (Å²) in [5, 5.41) is 17.7. The summed E-state index contributed by atoms with van der Waals surface area (Å²) in [7, 11) is 1.69. The first-order valence-corrected chi connectivity index (χ1v) is 6.97. The van der Waals surface area contributed by atoms with Crippen LogP contribution in [0.5, 0.6) is 0 Å². The van der Waals surface area contributed by atoms with Gasteiger partial charge in [-0.2, -0.15) is 5.10 Å². The Morgan fingerprint density at radius 1 is 1.50 bits per heavy atom. The van der Waals surface area contributed by atoms with Crippen LogP contribution in [-0.2, 0) is 13.5 Å². The fraction of sp³-hybridized carbons (Fsp3) is 0.308. The number of carbonyl (C=O) groups is 2. The maximum atomic E-state index is 12.2. The molecular formula is C13H15N3O3S. The summed E-state index contributed by atoms with van der Waals surface area (Å²) >= 11 is 1.10. The van der Waals surface area contributed by atoms with E-state index >= 15 is 0 Å². The molecule has 1 amide bonds. The van der Waals surface area contributed by atoms with Gasteiger partial charge in [0.25, 0.3) is 5.91 Å². The second-order valence-corrected chi connectivity index (χ2v) is 5.26. The van der Waals surface area contributed by atoms with Gasteiger partial charge in [0.2, 0.25) is 0 Å². The summed E-state index contributed by atoms with van der Waals surface area (Å²) in [4.78, 5) is 23.5. The molecule has 20 heavy (non-hydrogen) atoms. The maximum Gasteiger partial charge on any atom is 0.348 e. The number of rotatable bonds is 4. The molecule has 2 rings (SSSR count). The van der Waals surface area contributed by atoms with Crippen molar-refractivity contribution in [1.29, 1.82) is 0 Å². The highest BCUT2D eigenvalue weighted by Gasteiger charge is 2.20. The van der Waals surface area contributed by atoms with Crippen molar-refractivity contribution in [3.8, 4) is 0 Å². The predicted molar refractivity (Wildman–Crippen MR) is 76.6 cm³/mol. The Morgan fingerprint density at radius 3 is 2.75 bits per heavy atom. The third kappa shape index (κ3) is 2.57. The second kappa shape index (κ2) is 5.46. The molecule has 0 aliphatic rings. The van der Waals surface area contributed by atoms with E-state index in [1.54, 1.807) is 25.4 Å². The number of carboxylic acids is 1. The predicted octanol–water partition coefficient (Wildman–Crippen LogP) is 2.30.